The highest BCUT2D eigenvalue weighted by Gasteiger charge is 2.43. The van der Waals surface area contributed by atoms with Gasteiger partial charge in [-0.05, 0) is 44.4 Å². The molecule has 0 aliphatic heterocycles. The second-order valence-electron chi connectivity index (χ2n) is 8.73. The highest BCUT2D eigenvalue weighted by molar-refractivity contribution is 5.93. The number of hydrogen-bond donors (Lipinski definition) is 3. The zero-order chi connectivity index (χ0) is 21.6. The van der Waals surface area contributed by atoms with E-state index in [0.29, 0.717) is 13.0 Å². The minimum Gasteiger partial charge on any atom is -0.347 e. The zero-order valence-corrected chi connectivity index (χ0v) is 17.9. The van der Waals surface area contributed by atoms with Crippen LogP contribution in [-0.2, 0) is 16.0 Å². The van der Waals surface area contributed by atoms with E-state index in [2.05, 4.69) is 15.6 Å². The Morgan fingerprint density at radius 3 is 2.37 bits per heavy atom. The first-order valence-corrected chi connectivity index (χ1v) is 10.6. The summed E-state index contributed by atoms with van der Waals surface area (Å²) in [5, 5.41) is 6.09. The van der Waals surface area contributed by atoms with Gasteiger partial charge in [-0.25, -0.2) is 0 Å². The molecule has 1 atom stereocenters. The molecule has 1 fully saturated rings. The minimum atomic E-state index is -1.06. The first-order valence-electron chi connectivity index (χ1n) is 10.6. The number of carbonyl (C=O) groups excluding carboxylic acids is 2. The lowest BCUT2D eigenvalue weighted by atomic mass is 9.84. The van der Waals surface area contributed by atoms with Gasteiger partial charge in [0.15, 0.2) is 0 Å². The van der Waals surface area contributed by atoms with Crippen molar-refractivity contribution in [2.45, 2.75) is 57.5 Å². The Balaban J connectivity index is 1.74. The first-order chi connectivity index (χ1) is 14.4. The van der Waals surface area contributed by atoms with Crippen LogP contribution >= 0.6 is 0 Å². The summed E-state index contributed by atoms with van der Waals surface area (Å²) < 4.78 is 0. The molecule has 30 heavy (non-hydrogen) atoms. The first kappa shape index (κ1) is 22.0. The van der Waals surface area contributed by atoms with E-state index in [0.717, 1.165) is 36.9 Å². The van der Waals surface area contributed by atoms with E-state index in [1.165, 1.54) is 0 Å². The van der Waals surface area contributed by atoms with Gasteiger partial charge in [0.1, 0.15) is 5.54 Å². The standard InChI is InChI=1S/C24H32N4O2/c1-23(2,28-22(30)24(17-25)13-7-8-14-24)21(29)27-20(18-10-4-3-5-11-18)16-19-12-6-9-15-26-19/h3-6,9-12,15,20H,7-8,13-14,16-17,25H2,1-2H3,(H,27,29)(H,28,30). The third kappa shape index (κ3) is 5.05. The summed E-state index contributed by atoms with van der Waals surface area (Å²) in [5.41, 5.74) is 6.21. The SMILES string of the molecule is CC(C)(NC(=O)C1(CN)CCCC1)C(=O)NC(Cc1ccccn1)c1ccccc1. The summed E-state index contributed by atoms with van der Waals surface area (Å²) in [7, 11) is 0. The molecule has 0 bridgehead atoms. The molecule has 3 rings (SSSR count). The Bertz CT molecular complexity index is 846. The molecular weight excluding hydrogens is 376 g/mol. The molecule has 0 saturated heterocycles. The molecule has 6 nitrogen and oxygen atoms in total. The molecule has 1 saturated carbocycles. The van der Waals surface area contributed by atoms with Gasteiger partial charge >= 0.3 is 0 Å². The summed E-state index contributed by atoms with van der Waals surface area (Å²) in [4.78, 5) is 30.6. The van der Waals surface area contributed by atoms with Crippen molar-refractivity contribution in [2.75, 3.05) is 6.54 Å². The summed E-state index contributed by atoms with van der Waals surface area (Å²) in [6.45, 7) is 3.79. The van der Waals surface area contributed by atoms with Gasteiger partial charge in [0.25, 0.3) is 0 Å². The molecule has 6 heteroatoms. The maximum absolute atomic E-state index is 13.2. The Labute approximate surface area is 178 Å². The molecular formula is C24H32N4O2. The maximum Gasteiger partial charge on any atom is 0.245 e. The van der Waals surface area contributed by atoms with Crippen molar-refractivity contribution in [1.82, 2.24) is 15.6 Å². The normalized spacial score (nSPS) is 16.6. The van der Waals surface area contributed by atoms with Crippen LogP contribution < -0.4 is 16.4 Å². The van der Waals surface area contributed by atoms with Gasteiger partial charge in [-0.2, -0.15) is 0 Å². The van der Waals surface area contributed by atoms with Crippen LogP contribution in [0.2, 0.25) is 0 Å². The molecule has 1 aliphatic rings. The predicted octanol–water partition coefficient (Wildman–Crippen LogP) is 2.90. The van der Waals surface area contributed by atoms with Crippen LogP contribution in [0.3, 0.4) is 0 Å². The molecule has 2 amide bonds. The largest absolute Gasteiger partial charge is 0.347 e. The molecule has 0 spiro atoms. The fourth-order valence-corrected chi connectivity index (χ4v) is 4.05. The van der Waals surface area contributed by atoms with Gasteiger partial charge in [-0.15, -0.1) is 0 Å². The van der Waals surface area contributed by atoms with Gasteiger partial charge in [0.2, 0.25) is 11.8 Å². The molecule has 1 aromatic carbocycles. The average Bonchev–Trinajstić information content (AvgIpc) is 3.25. The second kappa shape index (κ2) is 9.39. The Hall–Kier alpha value is -2.73. The number of hydrogen-bond acceptors (Lipinski definition) is 4. The molecule has 1 heterocycles. The van der Waals surface area contributed by atoms with Gasteiger partial charge < -0.3 is 16.4 Å². The van der Waals surface area contributed by atoms with E-state index < -0.39 is 11.0 Å². The van der Waals surface area contributed by atoms with Crippen molar-refractivity contribution in [3.8, 4) is 0 Å². The lowest BCUT2D eigenvalue weighted by Gasteiger charge is -2.33. The molecule has 2 aromatic rings. The van der Waals surface area contributed by atoms with Crippen LogP contribution in [0.15, 0.2) is 54.7 Å². The number of aromatic nitrogens is 1. The lowest BCUT2D eigenvalue weighted by molar-refractivity contribution is -0.137. The van der Waals surface area contributed by atoms with Crippen LogP contribution in [-0.4, -0.2) is 28.9 Å². The van der Waals surface area contributed by atoms with E-state index >= 15 is 0 Å². The number of nitrogens with two attached hydrogens (primary N) is 1. The topological polar surface area (TPSA) is 97.1 Å². The monoisotopic (exact) mass is 408 g/mol. The number of pyridine rings is 1. The Kier molecular flexibility index (Phi) is 6.87. The number of rotatable bonds is 8. The fourth-order valence-electron chi connectivity index (χ4n) is 4.05. The molecule has 160 valence electrons. The van der Waals surface area contributed by atoms with Gasteiger partial charge in [0, 0.05) is 24.9 Å². The van der Waals surface area contributed by atoms with Crippen molar-refractivity contribution in [1.29, 1.82) is 0 Å². The second-order valence-corrected chi connectivity index (χ2v) is 8.73. The molecule has 1 aliphatic carbocycles. The number of carbonyl (C=O) groups is 2. The van der Waals surface area contributed by atoms with E-state index in [1.807, 2.05) is 48.5 Å². The van der Waals surface area contributed by atoms with Crippen LogP contribution in [0.5, 0.6) is 0 Å². The van der Waals surface area contributed by atoms with E-state index in [4.69, 9.17) is 5.73 Å². The summed E-state index contributed by atoms with van der Waals surface area (Å²) in [6, 6.07) is 15.3. The highest BCUT2D eigenvalue weighted by atomic mass is 16.2. The Morgan fingerprint density at radius 1 is 1.10 bits per heavy atom. The van der Waals surface area contributed by atoms with Gasteiger partial charge in [0.05, 0.1) is 11.5 Å². The van der Waals surface area contributed by atoms with E-state index in [1.54, 1.807) is 20.0 Å². The summed E-state index contributed by atoms with van der Waals surface area (Å²) in [6.07, 6.45) is 5.86. The zero-order valence-electron chi connectivity index (χ0n) is 17.9. The van der Waals surface area contributed by atoms with Gasteiger partial charge in [-0.3, -0.25) is 14.6 Å². The van der Waals surface area contributed by atoms with Crippen LogP contribution in [0.25, 0.3) is 0 Å². The average molecular weight is 409 g/mol. The van der Waals surface area contributed by atoms with Crippen molar-refractivity contribution in [3.63, 3.8) is 0 Å². The van der Waals surface area contributed by atoms with Gasteiger partial charge in [-0.1, -0.05) is 49.2 Å². The number of benzene rings is 1. The van der Waals surface area contributed by atoms with E-state index in [-0.39, 0.29) is 17.9 Å². The number of nitrogens with zero attached hydrogens (tertiary/aromatic N) is 1. The summed E-state index contributed by atoms with van der Waals surface area (Å²) in [5.74, 6) is -0.352. The highest BCUT2D eigenvalue weighted by Crippen LogP contribution is 2.37. The lowest BCUT2D eigenvalue weighted by Crippen LogP contribution is -2.59. The number of nitrogens with one attached hydrogen (secondary N) is 2. The quantitative estimate of drug-likeness (QED) is 0.626. The predicted molar refractivity (Wildman–Crippen MR) is 117 cm³/mol. The third-order valence-corrected chi connectivity index (χ3v) is 6.07. The molecule has 4 N–H and O–H groups in total. The van der Waals surface area contributed by atoms with Crippen LogP contribution in [0.4, 0.5) is 0 Å². The van der Waals surface area contributed by atoms with Crippen LogP contribution in [0.1, 0.15) is 56.8 Å². The minimum absolute atomic E-state index is 0.122. The van der Waals surface area contributed by atoms with E-state index in [9.17, 15) is 9.59 Å². The van der Waals surface area contributed by atoms with Crippen molar-refractivity contribution in [3.05, 3.63) is 66.0 Å². The molecule has 0 radical (unpaired) electrons. The summed E-state index contributed by atoms with van der Waals surface area (Å²) >= 11 is 0. The van der Waals surface area contributed by atoms with Crippen molar-refractivity contribution in [2.24, 2.45) is 11.1 Å². The Morgan fingerprint density at radius 2 is 1.77 bits per heavy atom. The fraction of sp³-hybridized carbons (Fsp3) is 0.458. The number of amides is 2. The smallest absolute Gasteiger partial charge is 0.245 e. The van der Waals surface area contributed by atoms with Crippen molar-refractivity contribution >= 4 is 11.8 Å². The molecule has 1 aromatic heterocycles. The molecule has 1 unspecified atom stereocenters. The maximum atomic E-state index is 13.2. The van der Waals surface area contributed by atoms with Crippen LogP contribution in [0, 0.1) is 5.41 Å². The van der Waals surface area contributed by atoms with Crippen molar-refractivity contribution < 1.29 is 9.59 Å². The third-order valence-electron chi connectivity index (χ3n) is 6.07.